The number of hydrogen-bond acceptors (Lipinski definition) is 3. The molecular formula is C7H11N4NaO2S. The summed E-state index contributed by atoms with van der Waals surface area (Å²) in [5.74, 6) is -0.498. The summed E-state index contributed by atoms with van der Waals surface area (Å²) >= 11 is 0. The van der Waals surface area contributed by atoms with Crippen LogP contribution in [0.5, 0.6) is 0 Å². The Morgan fingerprint density at radius 1 is 1.20 bits per heavy atom. The van der Waals surface area contributed by atoms with E-state index in [4.69, 9.17) is 17.2 Å². The molecule has 6 N–H and O–H groups in total. The Morgan fingerprint density at radius 3 is 2.07 bits per heavy atom. The average Bonchev–Trinajstić information content (AvgIpc) is 2.02. The van der Waals surface area contributed by atoms with Gasteiger partial charge in [-0.1, -0.05) is 0 Å². The van der Waals surface area contributed by atoms with Gasteiger partial charge in [-0.25, -0.2) is 0 Å². The molecule has 0 aliphatic rings. The van der Waals surface area contributed by atoms with Gasteiger partial charge in [0.1, 0.15) is 0 Å². The number of nitrogens with two attached hydrogens (primary N) is 3. The molecule has 0 amide bonds. The van der Waals surface area contributed by atoms with Crippen LogP contribution in [0, 0.1) is 0 Å². The normalized spacial score (nSPS) is 10.1. The fourth-order valence-electron chi connectivity index (χ4n) is 0.831. The molecule has 0 spiro atoms. The Bertz CT molecular complexity index is 456. The maximum absolute atomic E-state index is 11.4. The summed E-state index contributed by atoms with van der Waals surface area (Å²) in [6.45, 7) is 0. The summed E-state index contributed by atoms with van der Waals surface area (Å²) < 4.78 is 25.8. The first-order valence-corrected chi connectivity index (χ1v) is 5.07. The van der Waals surface area contributed by atoms with E-state index >= 15 is 0 Å². The van der Waals surface area contributed by atoms with E-state index in [1.165, 1.54) is 24.3 Å². The van der Waals surface area contributed by atoms with Crippen LogP contribution in [0.1, 0.15) is 1.43 Å². The van der Waals surface area contributed by atoms with Crippen molar-refractivity contribution >= 4 is 21.7 Å². The van der Waals surface area contributed by atoms with E-state index in [0.29, 0.717) is 5.69 Å². The Labute approximate surface area is 111 Å². The van der Waals surface area contributed by atoms with Crippen LogP contribution in [-0.4, -0.2) is 14.4 Å². The second-order valence-electron chi connectivity index (χ2n) is 2.56. The van der Waals surface area contributed by atoms with E-state index in [-0.39, 0.29) is 35.9 Å². The minimum absolute atomic E-state index is 0. The fourth-order valence-corrected chi connectivity index (χ4v) is 1.69. The van der Waals surface area contributed by atoms with Crippen molar-refractivity contribution in [2.45, 2.75) is 4.90 Å². The number of hydrogen-bond donors (Lipinski definition) is 3. The van der Waals surface area contributed by atoms with E-state index in [2.05, 4.69) is 4.40 Å². The van der Waals surface area contributed by atoms with Crippen molar-refractivity contribution < 1.29 is 39.4 Å². The van der Waals surface area contributed by atoms with Gasteiger partial charge in [0.2, 0.25) is 5.96 Å². The Kier molecular flexibility index (Phi) is 5.09. The van der Waals surface area contributed by atoms with Crippen molar-refractivity contribution in [3.63, 3.8) is 0 Å². The molecule has 0 atom stereocenters. The zero-order chi connectivity index (χ0) is 10.8. The predicted molar refractivity (Wildman–Crippen MR) is 55.0 cm³/mol. The Hall–Kier alpha value is -0.760. The van der Waals surface area contributed by atoms with Crippen LogP contribution in [-0.2, 0) is 10.0 Å². The van der Waals surface area contributed by atoms with E-state index in [1.54, 1.807) is 0 Å². The maximum Gasteiger partial charge on any atom is 1.00 e. The molecule has 0 saturated carbocycles. The topological polar surface area (TPSA) is 125 Å². The molecule has 6 nitrogen and oxygen atoms in total. The van der Waals surface area contributed by atoms with Crippen molar-refractivity contribution in [3.8, 4) is 0 Å². The standard InChI is InChI=1S/C7H10N4O2S.Na.H/c8-5-1-3-6(4-2-5)14(12,13)11-7(9)10;;/h1-4H,8H2,(H4,9,10,11);;/q;+1;-1. The van der Waals surface area contributed by atoms with Crippen LogP contribution in [0.4, 0.5) is 5.69 Å². The zero-order valence-electron chi connectivity index (χ0n) is 9.21. The number of nitrogens with zero attached hydrogens (tertiary/aromatic N) is 1. The van der Waals surface area contributed by atoms with Crippen LogP contribution in [0.25, 0.3) is 0 Å². The molecule has 0 unspecified atom stereocenters. The fraction of sp³-hybridized carbons (Fsp3) is 0. The van der Waals surface area contributed by atoms with Gasteiger partial charge in [-0.3, -0.25) is 0 Å². The third-order valence-electron chi connectivity index (χ3n) is 1.40. The smallest absolute Gasteiger partial charge is 1.00 e. The third kappa shape index (κ3) is 4.08. The van der Waals surface area contributed by atoms with E-state index in [0.717, 1.165) is 0 Å². The quantitative estimate of drug-likeness (QED) is 0.212. The van der Waals surface area contributed by atoms with Gasteiger partial charge in [0.05, 0.1) is 4.90 Å². The molecule has 8 heteroatoms. The summed E-state index contributed by atoms with van der Waals surface area (Å²) in [5, 5.41) is 0. The third-order valence-corrected chi connectivity index (χ3v) is 2.72. The first kappa shape index (κ1) is 14.2. The van der Waals surface area contributed by atoms with Gasteiger partial charge in [0, 0.05) is 5.69 Å². The monoisotopic (exact) mass is 238 g/mol. The zero-order valence-corrected chi connectivity index (χ0v) is 11.0. The van der Waals surface area contributed by atoms with E-state index < -0.39 is 16.0 Å². The molecule has 0 radical (unpaired) electrons. The number of benzene rings is 1. The number of sulfonamides is 1. The van der Waals surface area contributed by atoms with Gasteiger partial charge in [0.15, 0.2) is 0 Å². The average molecular weight is 238 g/mol. The number of anilines is 1. The molecular weight excluding hydrogens is 227 g/mol. The van der Waals surface area contributed by atoms with Gasteiger partial charge in [0.25, 0.3) is 10.0 Å². The summed E-state index contributed by atoms with van der Waals surface area (Å²) in [5.41, 5.74) is 15.8. The predicted octanol–water partition coefficient (Wildman–Crippen LogP) is -3.65. The van der Waals surface area contributed by atoms with Crippen molar-refractivity contribution in [2.24, 2.45) is 15.9 Å². The van der Waals surface area contributed by atoms with Crippen molar-refractivity contribution in [1.82, 2.24) is 0 Å². The van der Waals surface area contributed by atoms with Crippen LogP contribution in [0.2, 0.25) is 0 Å². The second kappa shape index (κ2) is 5.36. The van der Waals surface area contributed by atoms with Gasteiger partial charge >= 0.3 is 29.6 Å². The molecule has 0 bridgehead atoms. The SMILES string of the molecule is NC(N)=NS(=O)(=O)c1ccc(N)cc1.[H-].[Na+]. The van der Waals surface area contributed by atoms with Crippen LogP contribution in [0.3, 0.4) is 0 Å². The molecule has 78 valence electrons. The minimum Gasteiger partial charge on any atom is -1.00 e. The van der Waals surface area contributed by atoms with Gasteiger partial charge in [-0.05, 0) is 24.3 Å². The molecule has 1 aromatic rings. The molecule has 0 aliphatic heterocycles. The summed E-state index contributed by atoms with van der Waals surface area (Å²) in [7, 11) is -3.79. The largest absolute Gasteiger partial charge is 1.00 e. The Morgan fingerprint density at radius 2 is 1.67 bits per heavy atom. The van der Waals surface area contributed by atoms with E-state index in [1.807, 2.05) is 0 Å². The Balaban J connectivity index is 0. The van der Waals surface area contributed by atoms with Crippen molar-refractivity contribution in [3.05, 3.63) is 24.3 Å². The van der Waals surface area contributed by atoms with Crippen LogP contribution >= 0.6 is 0 Å². The van der Waals surface area contributed by atoms with Gasteiger partial charge < -0.3 is 18.6 Å². The molecule has 0 aromatic heterocycles. The van der Waals surface area contributed by atoms with Crippen LogP contribution in [0.15, 0.2) is 33.6 Å². The number of nitrogen functional groups attached to an aromatic ring is 1. The summed E-state index contributed by atoms with van der Waals surface area (Å²) in [6, 6.07) is 5.57. The molecule has 0 fully saturated rings. The maximum atomic E-state index is 11.4. The first-order chi connectivity index (χ1) is 6.42. The number of rotatable bonds is 2. The molecule has 0 saturated heterocycles. The minimum atomic E-state index is -3.79. The van der Waals surface area contributed by atoms with Gasteiger partial charge in [-0.15, -0.1) is 4.40 Å². The van der Waals surface area contributed by atoms with Crippen LogP contribution < -0.4 is 46.8 Å². The second-order valence-corrected chi connectivity index (χ2v) is 4.16. The molecule has 15 heavy (non-hydrogen) atoms. The molecule has 1 aromatic carbocycles. The number of guanidine groups is 1. The molecule has 0 aliphatic carbocycles. The van der Waals surface area contributed by atoms with E-state index in [9.17, 15) is 8.42 Å². The van der Waals surface area contributed by atoms with Gasteiger partial charge in [-0.2, -0.15) is 8.42 Å². The molecule has 1 rings (SSSR count). The molecule has 0 heterocycles. The summed E-state index contributed by atoms with van der Waals surface area (Å²) in [6.07, 6.45) is 0. The summed E-state index contributed by atoms with van der Waals surface area (Å²) in [4.78, 5) is 0.0000926. The van der Waals surface area contributed by atoms with Crippen molar-refractivity contribution in [1.29, 1.82) is 0 Å². The van der Waals surface area contributed by atoms with Crippen molar-refractivity contribution in [2.75, 3.05) is 5.73 Å². The first-order valence-electron chi connectivity index (χ1n) is 3.63.